The van der Waals surface area contributed by atoms with Crippen LogP contribution in [0.4, 0.5) is 11.4 Å². The summed E-state index contributed by atoms with van der Waals surface area (Å²) in [5, 5.41) is 6.63. The number of fused-ring (bicyclic) bond motifs is 8. The first kappa shape index (κ1) is 22.5. The lowest BCUT2D eigenvalue weighted by molar-refractivity contribution is 0.458. The summed E-state index contributed by atoms with van der Waals surface area (Å²) in [6.07, 6.45) is -0.0166. The van der Waals surface area contributed by atoms with E-state index in [4.69, 9.17) is 0 Å². The zero-order valence-electron chi connectivity index (χ0n) is 22.5. The van der Waals surface area contributed by atoms with Gasteiger partial charge in [-0.1, -0.05) is 111 Å². The Hall–Kier alpha value is -4.50. The Morgan fingerprint density at radius 3 is 2.26 bits per heavy atom. The summed E-state index contributed by atoms with van der Waals surface area (Å²) in [7, 11) is 2.24. The molecule has 0 bridgehead atoms. The van der Waals surface area contributed by atoms with E-state index in [1.165, 1.54) is 55.3 Å². The molecule has 1 aliphatic heterocycles. The number of anilines is 2. The molecule has 8 rings (SSSR count). The molecule has 0 spiro atoms. The molecule has 0 radical (unpaired) electrons. The number of likely N-dealkylation sites (N-methyl/N-ethyl adjacent to an activating group) is 1. The van der Waals surface area contributed by atoms with Crippen LogP contribution in [0.1, 0.15) is 42.7 Å². The number of nitrogens with one attached hydrogen (secondary N) is 1. The van der Waals surface area contributed by atoms with Crippen LogP contribution in [-0.4, -0.2) is 11.6 Å². The van der Waals surface area contributed by atoms with E-state index in [9.17, 15) is 0 Å². The molecule has 190 valence electrons. The quantitative estimate of drug-likeness (QED) is 0.253. The van der Waals surface area contributed by atoms with Crippen LogP contribution < -0.4 is 10.2 Å². The van der Waals surface area contributed by atoms with Crippen molar-refractivity contribution in [2.24, 2.45) is 0 Å². The minimum Gasteiger partial charge on any atom is -0.362 e. The van der Waals surface area contributed by atoms with Crippen molar-refractivity contribution in [3.8, 4) is 11.1 Å². The summed E-state index contributed by atoms with van der Waals surface area (Å²) in [5.74, 6) is 0. The maximum Gasteiger partial charge on any atom is 0.129 e. The van der Waals surface area contributed by atoms with E-state index in [2.05, 4.69) is 151 Å². The predicted molar refractivity (Wildman–Crippen MR) is 164 cm³/mol. The Balaban J connectivity index is 1.51. The normalized spacial score (nSPS) is 19.0. The molecule has 0 saturated heterocycles. The van der Waals surface area contributed by atoms with Crippen LogP contribution in [0.2, 0.25) is 0 Å². The molecule has 2 heterocycles. The van der Waals surface area contributed by atoms with Crippen LogP contribution in [0.5, 0.6) is 0 Å². The predicted octanol–water partition coefficient (Wildman–Crippen LogP) is 8.90. The highest BCUT2D eigenvalue weighted by atomic mass is 15.3. The van der Waals surface area contributed by atoms with Gasteiger partial charge < -0.3 is 14.8 Å². The second kappa shape index (κ2) is 8.00. The molecule has 1 aromatic heterocycles. The topological polar surface area (TPSA) is 20.2 Å². The van der Waals surface area contributed by atoms with Gasteiger partial charge in [0.25, 0.3) is 0 Å². The fourth-order valence-corrected chi connectivity index (χ4v) is 7.33. The van der Waals surface area contributed by atoms with Crippen LogP contribution in [0.3, 0.4) is 0 Å². The summed E-state index contributed by atoms with van der Waals surface area (Å²) >= 11 is 0. The second-order valence-electron chi connectivity index (χ2n) is 11.5. The Bertz CT molecular complexity index is 1900. The lowest BCUT2D eigenvalue weighted by Crippen LogP contribution is -2.40. The summed E-state index contributed by atoms with van der Waals surface area (Å²) in [6, 6.07) is 42.4. The summed E-state index contributed by atoms with van der Waals surface area (Å²) in [4.78, 5) is 2.45. The SMILES string of the molecule is CN1c2ccccc2NC(n2c3ccccc3c3ccc4c(c32)-c2ccccc2C4(C)C)C1c1ccccc1. The monoisotopic (exact) mass is 505 g/mol. The molecule has 3 nitrogen and oxygen atoms in total. The molecule has 2 unspecified atom stereocenters. The van der Waals surface area contributed by atoms with Gasteiger partial charge in [0, 0.05) is 28.8 Å². The van der Waals surface area contributed by atoms with Gasteiger partial charge >= 0.3 is 0 Å². The number of hydrogen-bond acceptors (Lipinski definition) is 2. The number of aromatic nitrogens is 1. The van der Waals surface area contributed by atoms with E-state index in [1.807, 2.05) is 0 Å². The number of rotatable bonds is 2. The van der Waals surface area contributed by atoms with Crippen molar-refractivity contribution >= 4 is 33.2 Å². The number of para-hydroxylation sites is 3. The minimum absolute atomic E-state index is 0.0166. The van der Waals surface area contributed by atoms with Gasteiger partial charge in [-0.3, -0.25) is 0 Å². The standard InChI is InChI=1S/C36H31N3/c1-36(2)27-17-9-7-16-26(27)32-28(36)22-21-25-24-15-8-11-19-30(24)39(34(25)32)35-33(23-13-5-4-6-14-23)38(3)31-20-12-10-18-29(31)37-35/h4-22,33,35,37H,1-3H3. The average Bonchev–Trinajstić information content (AvgIpc) is 3.43. The molecule has 0 amide bonds. The fourth-order valence-electron chi connectivity index (χ4n) is 7.33. The molecular formula is C36H31N3. The van der Waals surface area contributed by atoms with Crippen molar-refractivity contribution in [1.82, 2.24) is 4.57 Å². The maximum atomic E-state index is 4.02. The zero-order chi connectivity index (χ0) is 26.3. The lowest BCUT2D eigenvalue weighted by Gasteiger charge is -2.44. The number of nitrogens with zero attached hydrogens (tertiary/aromatic N) is 2. The molecular weight excluding hydrogens is 474 g/mol. The first-order valence-electron chi connectivity index (χ1n) is 13.8. The van der Waals surface area contributed by atoms with Crippen molar-refractivity contribution in [3.05, 3.63) is 132 Å². The van der Waals surface area contributed by atoms with Crippen LogP contribution in [-0.2, 0) is 5.41 Å². The molecule has 2 aliphatic rings. The molecule has 0 saturated carbocycles. The van der Waals surface area contributed by atoms with Crippen molar-refractivity contribution in [2.75, 3.05) is 17.3 Å². The summed E-state index contributed by atoms with van der Waals surface area (Å²) in [5.41, 5.74) is 11.7. The first-order valence-corrected chi connectivity index (χ1v) is 13.8. The zero-order valence-corrected chi connectivity index (χ0v) is 22.5. The van der Waals surface area contributed by atoms with E-state index in [0.29, 0.717) is 0 Å². The largest absolute Gasteiger partial charge is 0.362 e. The summed E-state index contributed by atoms with van der Waals surface area (Å²) in [6.45, 7) is 4.73. The van der Waals surface area contributed by atoms with Crippen molar-refractivity contribution in [3.63, 3.8) is 0 Å². The molecule has 1 aliphatic carbocycles. The molecule has 39 heavy (non-hydrogen) atoms. The van der Waals surface area contributed by atoms with Crippen LogP contribution in [0.15, 0.2) is 115 Å². The van der Waals surface area contributed by atoms with Crippen LogP contribution in [0.25, 0.3) is 32.9 Å². The van der Waals surface area contributed by atoms with E-state index >= 15 is 0 Å². The van der Waals surface area contributed by atoms with Gasteiger partial charge in [0.05, 0.1) is 28.5 Å². The molecule has 2 atom stereocenters. The van der Waals surface area contributed by atoms with E-state index in [1.54, 1.807) is 0 Å². The van der Waals surface area contributed by atoms with E-state index in [0.717, 1.165) is 5.69 Å². The Kier molecular flexibility index (Phi) is 4.61. The Morgan fingerprint density at radius 1 is 0.667 bits per heavy atom. The van der Waals surface area contributed by atoms with E-state index < -0.39 is 0 Å². The highest BCUT2D eigenvalue weighted by molar-refractivity contribution is 6.14. The molecule has 0 fully saturated rings. The van der Waals surface area contributed by atoms with Crippen molar-refractivity contribution in [1.29, 1.82) is 0 Å². The van der Waals surface area contributed by atoms with Crippen LogP contribution in [0, 0.1) is 0 Å². The highest BCUT2D eigenvalue weighted by Crippen LogP contribution is 2.54. The van der Waals surface area contributed by atoms with Gasteiger partial charge in [-0.25, -0.2) is 0 Å². The molecule has 3 heteroatoms. The van der Waals surface area contributed by atoms with Crippen molar-refractivity contribution in [2.45, 2.75) is 31.5 Å². The van der Waals surface area contributed by atoms with Gasteiger partial charge in [0.1, 0.15) is 6.17 Å². The second-order valence-corrected chi connectivity index (χ2v) is 11.5. The molecule has 1 N–H and O–H groups in total. The molecule has 6 aromatic rings. The van der Waals surface area contributed by atoms with E-state index in [-0.39, 0.29) is 17.6 Å². The Labute approximate surface area is 229 Å². The van der Waals surface area contributed by atoms with Gasteiger partial charge in [-0.2, -0.15) is 0 Å². The maximum absolute atomic E-state index is 4.02. The third kappa shape index (κ3) is 2.99. The van der Waals surface area contributed by atoms with Crippen molar-refractivity contribution < 1.29 is 0 Å². The third-order valence-corrected chi connectivity index (χ3v) is 9.14. The first-order chi connectivity index (χ1) is 19.1. The summed E-state index contributed by atoms with van der Waals surface area (Å²) < 4.78 is 2.60. The lowest BCUT2D eigenvalue weighted by atomic mass is 9.82. The van der Waals surface area contributed by atoms with Crippen LogP contribution >= 0.6 is 0 Å². The Morgan fingerprint density at radius 2 is 1.38 bits per heavy atom. The minimum atomic E-state index is -0.0520. The number of benzene rings is 5. The number of hydrogen-bond donors (Lipinski definition) is 1. The fraction of sp³-hybridized carbons (Fsp3) is 0.167. The van der Waals surface area contributed by atoms with Gasteiger partial charge in [-0.15, -0.1) is 0 Å². The third-order valence-electron chi connectivity index (χ3n) is 9.14. The smallest absolute Gasteiger partial charge is 0.129 e. The molecule has 5 aromatic carbocycles. The highest BCUT2D eigenvalue weighted by Gasteiger charge is 2.40. The average molecular weight is 506 g/mol. The van der Waals surface area contributed by atoms with Gasteiger partial charge in [-0.05, 0) is 40.5 Å². The van der Waals surface area contributed by atoms with Gasteiger partial charge in [0.2, 0.25) is 0 Å². The van der Waals surface area contributed by atoms with Gasteiger partial charge in [0.15, 0.2) is 0 Å².